The van der Waals surface area contributed by atoms with Gasteiger partial charge in [0.05, 0.1) is 0 Å². The second kappa shape index (κ2) is 7.49. The topological polar surface area (TPSA) is 67.4 Å². The molecular weight excluding hydrogens is 372 g/mol. The van der Waals surface area contributed by atoms with Crippen LogP contribution in [-0.4, -0.2) is 18.4 Å². The van der Waals surface area contributed by atoms with Crippen LogP contribution in [0.4, 0.5) is 11.4 Å². The summed E-state index contributed by atoms with van der Waals surface area (Å²) in [7, 11) is 0. The van der Waals surface area contributed by atoms with Crippen LogP contribution in [0.2, 0.25) is 0 Å². The number of anilines is 2. The fourth-order valence-corrected chi connectivity index (χ4v) is 2.37. The molecule has 1 aliphatic carbocycles. The van der Waals surface area contributed by atoms with E-state index < -0.39 is 0 Å². The molecule has 0 saturated heterocycles. The zero-order valence-corrected chi connectivity index (χ0v) is 14.5. The van der Waals surface area contributed by atoms with Crippen LogP contribution < -0.4 is 15.4 Å². The fraction of sp³-hybridized carbons (Fsp3) is 0.222. The van der Waals surface area contributed by atoms with Crippen molar-refractivity contribution < 1.29 is 14.3 Å². The molecule has 1 fully saturated rings. The molecule has 2 aromatic rings. The van der Waals surface area contributed by atoms with Crippen molar-refractivity contribution in [1.29, 1.82) is 0 Å². The number of rotatable bonds is 6. The van der Waals surface area contributed by atoms with E-state index in [4.69, 9.17) is 4.74 Å². The summed E-state index contributed by atoms with van der Waals surface area (Å²) in [6, 6.07) is 14.3. The van der Waals surface area contributed by atoms with Crippen molar-refractivity contribution in [2.24, 2.45) is 5.92 Å². The second-order valence-electron chi connectivity index (χ2n) is 5.63. The highest BCUT2D eigenvalue weighted by Gasteiger charge is 2.29. The third-order valence-corrected chi connectivity index (χ3v) is 4.10. The van der Waals surface area contributed by atoms with Crippen molar-refractivity contribution in [1.82, 2.24) is 0 Å². The van der Waals surface area contributed by atoms with Gasteiger partial charge in [-0.25, -0.2) is 0 Å². The van der Waals surface area contributed by atoms with Crippen LogP contribution in [0.3, 0.4) is 0 Å². The van der Waals surface area contributed by atoms with Crippen LogP contribution in [0.5, 0.6) is 5.75 Å². The zero-order valence-electron chi connectivity index (χ0n) is 12.9. The molecular formula is C18H17BrN2O3. The van der Waals surface area contributed by atoms with Gasteiger partial charge >= 0.3 is 0 Å². The van der Waals surface area contributed by atoms with Crippen molar-refractivity contribution in [3.05, 3.63) is 53.0 Å². The lowest BCUT2D eigenvalue weighted by Gasteiger charge is -2.09. The van der Waals surface area contributed by atoms with Crippen LogP contribution in [-0.2, 0) is 9.59 Å². The molecule has 3 rings (SSSR count). The van der Waals surface area contributed by atoms with Gasteiger partial charge in [-0.1, -0.05) is 15.9 Å². The van der Waals surface area contributed by atoms with Crippen LogP contribution in [0, 0.1) is 5.92 Å². The van der Waals surface area contributed by atoms with Gasteiger partial charge in [0.15, 0.2) is 6.61 Å². The molecule has 0 aliphatic heterocycles. The normalized spacial score (nSPS) is 13.2. The second-order valence-corrected chi connectivity index (χ2v) is 6.55. The Bertz CT molecular complexity index is 725. The Morgan fingerprint density at radius 2 is 1.54 bits per heavy atom. The predicted molar refractivity (Wildman–Crippen MR) is 96.1 cm³/mol. The Balaban J connectivity index is 1.46. The highest BCUT2D eigenvalue weighted by molar-refractivity contribution is 9.10. The molecule has 0 bridgehead atoms. The smallest absolute Gasteiger partial charge is 0.262 e. The SMILES string of the molecule is O=C(COc1ccc(NC(=O)C2CC2)cc1)Nc1ccc(Br)cc1. The van der Waals surface area contributed by atoms with E-state index in [-0.39, 0.29) is 24.3 Å². The van der Waals surface area contributed by atoms with E-state index in [1.165, 1.54) is 0 Å². The molecule has 1 saturated carbocycles. The fourth-order valence-electron chi connectivity index (χ4n) is 2.10. The van der Waals surface area contributed by atoms with Crippen LogP contribution in [0.15, 0.2) is 53.0 Å². The Hall–Kier alpha value is -2.34. The van der Waals surface area contributed by atoms with E-state index >= 15 is 0 Å². The van der Waals surface area contributed by atoms with Crippen molar-refractivity contribution in [3.8, 4) is 5.75 Å². The number of benzene rings is 2. The zero-order chi connectivity index (χ0) is 16.9. The van der Waals surface area contributed by atoms with E-state index in [2.05, 4.69) is 26.6 Å². The first-order valence-corrected chi connectivity index (χ1v) is 8.48. The minimum absolute atomic E-state index is 0.0672. The average Bonchev–Trinajstić information content (AvgIpc) is 3.41. The summed E-state index contributed by atoms with van der Waals surface area (Å²) in [5, 5.41) is 5.61. The standard InChI is InChI=1S/C18H17BrN2O3/c19-13-3-5-14(6-4-13)20-17(22)11-24-16-9-7-15(8-10-16)21-18(23)12-1-2-12/h3-10,12H,1-2,11H2,(H,20,22)(H,21,23). The van der Waals surface area contributed by atoms with E-state index in [1.54, 1.807) is 36.4 Å². The number of hydrogen-bond donors (Lipinski definition) is 2. The van der Waals surface area contributed by atoms with Crippen molar-refractivity contribution in [2.75, 3.05) is 17.2 Å². The highest BCUT2D eigenvalue weighted by Crippen LogP contribution is 2.30. The molecule has 0 aromatic heterocycles. The third kappa shape index (κ3) is 4.83. The Morgan fingerprint density at radius 1 is 0.958 bits per heavy atom. The number of amides is 2. The molecule has 124 valence electrons. The lowest BCUT2D eigenvalue weighted by molar-refractivity contribution is -0.118. The number of carbonyl (C=O) groups excluding carboxylic acids is 2. The van der Waals surface area contributed by atoms with Crippen LogP contribution in [0.1, 0.15) is 12.8 Å². The largest absolute Gasteiger partial charge is 0.484 e. The molecule has 0 unspecified atom stereocenters. The summed E-state index contributed by atoms with van der Waals surface area (Å²) in [6.07, 6.45) is 1.95. The van der Waals surface area contributed by atoms with Crippen molar-refractivity contribution >= 4 is 39.1 Å². The minimum Gasteiger partial charge on any atom is -0.484 e. The molecule has 1 aliphatic rings. The maximum absolute atomic E-state index is 11.9. The number of halogens is 1. The molecule has 0 atom stereocenters. The van der Waals surface area contributed by atoms with E-state index in [0.717, 1.165) is 23.0 Å². The lowest BCUT2D eigenvalue weighted by Crippen LogP contribution is -2.20. The Kier molecular flexibility index (Phi) is 5.15. The first-order valence-electron chi connectivity index (χ1n) is 7.69. The van der Waals surface area contributed by atoms with Crippen molar-refractivity contribution in [2.45, 2.75) is 12.8 Å². The third-order valence-electron chi connectivity index (χ3n) is 3.57. The van der Waals surface area contributed by atoms with Gasteiger partial charge in [0.25, 0.3) is 5.91 Å². The molecule has 2 aromatic carbocycles. The molecule has 2 N–H and O–H groups in total. The Morgan fingerprint density at radius 3 is 2.17 bits per heavy atom. The van der Waals surface area contributed by atoms with E-state index in [0.29, 0.717) is 11.4 Å². The number of hydrogen-bond acceptors (Lipinski definition) is 3. The van der Waals surface area contributed by atoms with Gasteiger partial charge < -0.3 is 15.4 Å². The highest BCUT2D eigenvalue weighted by atomic mass is 79.9. The monoisotopic (exact) mass is 388 g/mol. The summed E-state index contributed by atoms with van der Waals surface area (Å²) in [5.74, 6) is 0.578. The minimum atomic E-state index is -0.233. The number of nitrogens with one attached hydrogen (secondary N) is 2. The quantitative estimate of drug-likeness (QED) is 0.790. The molecule has 0 heterocycles. The summed E-state index contributed by atoms with van der Waals surface area (Å²) in [6.45, 7) is -0.0795. The van der Waals surface area contributed by atoms with E-state index in [1.807, 2.05) is 12.1 Å². The predicted octanol–water partition coefficient (Wildman–Crippen LogP) is 3.82. The van der Waals surface area contributed by atoms with Gasteiger partial charge in [-0.3, -0.25) is 9.59 Å². The van der Waals surface area contributed by atoms with Gasteiger partial charge in [0.1, 0.15) is 5.75 Å². The maximum atomic E-state index is 11.9. The van der Waals surface area contributed by atoms with Gasteiger partial charge in [-0.2, -0.15) is 0 Å². The summed E-state index contributed by atoms with van der Waals surface area (Å²) in [4.78, 5) is 23.5. The van der Waals surface area contributed by atoms with Crippen LogP contribution >= 0.6 is 15.9 Å². The van der Waals surface area contributed by atoms with Crippen molar-refractivity contribution in [3.63, 3.8) is 0 Å². The van der Waals surface area contributed by atoms with Gasteiger partial charge in [0.2, 0.25) is 5.91 Å². The number of carbonyl (C=O) groups is 2. The first-order chi connectivity index (χ1) is 11.6. The van der Waals surface area contributed by atoms with Gasteiger partial charge in [0, 0.05) is 21.8 Å². The molecule has 6 heteroatoms. The maximum Gasteiger partial charge on any atom is 0.262 e. The Labute approximate surface area is 148 Å². The molecule has 0 radical (unpaired) electrons. The van der Waals surface area contributed by atoms with Gasteiger partial charge in [-0.15, -0.1) is 0 Å². The molecule has 5 nitrogen and oxygen atoms in total. The molecule has 24 heavy (non-hydrogen) atoms. The lowest BCUT2D eigenvalue weighted by atomic mass is 10.3. The molecule has 0 spiro atoms. The summed E-state index contributed by atoms with van der Waals surface area (Å²) >= 11 is 3.34. The summed E-state index contributed by atoms with van der Waals surface area (Å²) < 4.78 is 6.40. The first kappa shape index (κ1) is 16.5. The van der Waals surface area contributed by atoms with Crippen LogP contribution in [0.25, 0.3) is 0 Å². The van der Waals surface area contributed by atoms with E-state index in [9.17, 15) is 9.59 Å². The average molecular weight is 389 g/mol. The number of ether oxygens (including phenoxy) is 1. The van der Waals surface area contributed by atoms with Gasteiger partial charge in [-0.05, 0) is 61.4 Å². The summed E-state index contributed by atoms with van der Waals surface area (Å²) in [5.41, 5.74) is 1.45. The molecule has 2 amide bonds.